The van der Waals surface area contributed by atoms with Crippen LogP contribution in [0.4, 0.5) is 0 Å². The van der Waals surface area contributed by atoms with Crippen molar-refractivity contribution in [2.45, 2.75) is 68.4 Å². The van der Waals surface area contributed by atoms with E-state index in [-0.39, 0.29) is 11.5 Å². The minimum Gasteiger partial charge on any atom is -0.359 e. The fourth-order valence-electron chi connectivity index (χ4n) is 4.33. The van der Waals surface area contributed by atoms with E-state index in [4.69, 9.17) is 19.7 Å². The molecule has 0 saturated heterocycles. The van der Waals surface area contributed by atoms with Crippen molar-refractivity contribution in [2.75, 3.05) is 13.9 Å². The Morgan fingerprint density at radius 1 is 1.23 bits per heavy atom. The van der Waals surface area contributed by atoms with Gasteiger partial charge in [0.25, 0.3) is 0 Å². The molecule has 5 nitrogen and oxygen atoms in total. The topological polar surface area (TPSA) is 49.2 Å². The summed E-state index contributed by atoms with van der Waals surface area (Å²) in [5.74, 6) is 3.07. The van der Waals surface area contributed by atoms with Crippen molar-refractivity contribution in [3.05, 3.63) is 31.5 Å². The number of thiophene rings is 1. The first-order chi connectivity index (χ1) is 12.7. The highest BCUT2D eigenvalue weighted by Crippen LogP contribution is 2.54. The summed E-state index contributed by atoms with van der Waals surface area (Å²) in [6.45, 7) is 0.366. The minimum absolute atomic E-state index is 0.0376. The van der Waals surface area contributed by atoms with Crippen molar-refractivity contribution >= 4 is 33.9 Å². The van der Waals surface area contributed by atoms with Gasteiger partial charge in [0.05, 0.1) is 14.4 Å². The van der Waals surface area contributed by atoms with Gasteiger partial charge in [0, 0.05) is 23.9 Å². The molecule has 140 valence electrons. The van der Waals surface area contributed by atoms with Crippen molar-refractivity contribution < 1.29 is 9.47 Å². The first kappa shape index (κ1) is 17.6. The number of rotatable bonds is 7. The van der Waals surface area contributed by atoms with Crippen molar-refractivity contribution in [3.8, 4) is 0 Å². The second kappa shape index (κ2) is 6.83. The fourth-order valence-corrected chi connectivity index (χ4v) is 6.16. The van der Waals surface area contributed by atoms with Crippen LogP contribution in [-0.2, 0) is 14.9 Å². The summed E-state index contributed by atoms with van der Waals surface area (Å²) in [5, 5.41) is 9.52. The van der Waals surface area contributed by atoms with E-state index in [0.717, 1.165) is 12.8 Å². The highest BCUT2D eigenvalue weighted by Gasteiger charge is 2.53. The molecule has 0 spiro atoms. The van der Waals surface area contributed by atoms with Crippen LogP contribution in [0.5, 0.6) is 0 Å². The monoisotopic (exact) mass is 485 g/mol. The highest BCUT2D eigenvalue weighted by molar-refractivity contribution is 14.1. The summed E-state index contributed by atoms with van der Waals surface area (Å²) in [6.07, 6.45) is 8.61. The smallest absolute Gasteiger partial charge is 0.146 e. The average Bonchev–Trinajstić information content (AvgIpc) is 3.16. The maximum absolute atomic E-state index is 5.86. The summed E-state index contributed by atoms with van der Waals surface area (Å²) in [5.41, 5.74) is -0.0376. The zero-order valence-electron chi connectivity index (χ0n) is 15.0. The lowest BCUT2D eigenvalue weighted by Gasteiger charge is -2.46. The molecule has 0 aliphatic heterocycles. The Labute approximate surface area is 171 Å². The molecule has 3 aliphatic rings. The van der Waals surface area contributed by atoms with Crippen molar-refractivity contribution in [2.24, 2.45) is 0 Å². The van der Waals surface area contributed by atoms with E-state index in [0.29, 0.717) is 18.8 Å². The summed E-state index contributed by atoms with van der Waals surface area (Å²) in [4.78, 5) is 1.41. The maximum Gasteiger partial charge on any atom is 0.146 e. The van der Waals surface area contributed by atoms with E-state index in [1.54, 1.807) is 7.11 Å². The van der Waals surface area contributed by atoms with Gasteiger partial charge in [-0.2, -0.15) is 0 Å². The second-order valence-electron chi connectivity index (χ2n) is 7.90. The van der Waals surface area contributed by atoms with Crippen LogP contribution in [0.2, 0.25) is 0 Å². The first-order valence-electron chi connectivity index (χ1n) is 9.53. The highest BCUT2D eigenvalue weighted by atomic mass is 127. The van der Waals surface area contributed by atoms with Gasteiger partial charge in [0.2, 0.25) is 0 Å². The van der Waals surface area contributed by atoms with Gasteiger partial charge in [0.1, 0.15) is 18.4 Å². The van der Waals surface area contributed by atoms with Gasteiger partial charge >= 0.3 is 0 Å². The molecule has 3 aliphatic carbocycles. The zero-order valence-corrected chi connectivity index (χ0v) is 18.0. The molecule has 0 bridgehead atoms. The zero-order chi connectivity index (χ0) is 17.7. The van der Waals surface area contributed by atoms with Crippen LogP contribution in [0.25, 0.3) is 0 Å². The Morgan fingerprint density at radius 3 is 2.62 bits per heavy atom. The second-order valence-corrected chi connectivity index (χ2v) is 10.9. The molecule has 26 heavy (non-hydrogen) atoms. The first-order valence-corrected chi connectivity index (χ1v) is 11.4. The summed E-state index contributed by atoms with van der Waals surface area (Å²) in [6, 6.07) is 5.12. The molecule has 0 atom stereocenters. The third kappa shape index (κ3) is 2.86. The number of methoxy groups -OCH3 is 1. The number of aromatic nitrogens is 3. The van der Waals surface area contributed by atoms with Gasteiger partial charge in [-0.25, -0.2) is 0 Å². The number of hydrogen-bond acceptors (Lipinski definition) is 5. The molecular formula is C19H24IN3O2S. The fraction of sp³-hybridized carbons (Fsp3) is 0.684. The van der Waals surface area contributed by atoms with Gasteiger partial charge in [0.15, 0.2) is 0 Å². The van der Waals surface area contributed by atoms with Crippen LogP contribution in [0.15, 0.2) is 12.1 Å². The molecule has 2 aromatic heterocycles. The number of hydrogen-bond donors (Lipinski definition) is 0. The summed E-state index contributed by atoms with van der Waals surface area (Å²) >= 11 is 4.31. The molecule has 0 radical (unpaired) electrons. The van der Waals surface area contributed by atoms with E-state index in [9.17, 15) is 0 Å². The lowest BCUT2D eigenvalue weighted by molar-refractivity contribution is -0.116. The van der Waals surface area contributed by atoms with Gasteiger partial charge < -0.3 is 14.0 Å². The molecule has 7 heteroatoms. The Hall–Kier alpha value is -0.510. The lowest BCUT2D eigenvalue weighted by Crippen LogP contribution is -2.48. The maximum atomic E-state index is 5.86. The van der Waals surface area contributed by atoms with E-state index < -0.39 is 0 Å². The quantitative estimate of drug-likeness (QED) is 0.425. The third-order valence-corrected chi connectivity index (χ3v) is 8.25. The molecule has 3 fully saturated rings. The Kier molecular flexibility index (Phi) is 4.62. The van der Waals surface area contributed by atoms with Crippen LogP contribution in [0.3, 0.4) is 0 Å². The van der Waals surface area contributed by atoms with Crippen molar-refractivity contribution in [3.63, 3.8) is 0 Å². The number of halogens is 1. The average molecular weight is 485 g/mol. The SMILES string of the molecule is COCO[C@H]1C[C@](c2ccc(I)s2)(c2nnc(C3CCC3)n2C2CC2)C1. The Balaban J connectivity index is 1.53. The predicted octanol–water partition coefficient (Wildman–Crippen LogP) is 4.62. The van der Waals surface area contributed by atoms with E-state index in [2.05, 4.69) is 39.3 Å². The largest absolute Gasteiger partial charge is 0.359 e. The molecule has 2 heterocycles. The molecule has 0 unspecified atom stereocenters. The number of ether oxygens (including phenoxy) is 2. The van der Waals surface area contributed by atoms with Gasteiger partial charge in [-0.15, -0.1) is 21.5 Å². The summed E-state index contributed by atoms with van der Waals surface area (Å²) in [7, 11) is 1.68. The minimum atomic E-state index is -0.0376. The van der Waals surface area contributed by atoms with Gasteiger partial charge in [-0.3, -0.25) is 0 Å². The van der Waals surface area contributed by atoms with Crippen molar-refractivity contribution in [1.29, 1.82) is 0 Å². The van der Waals surface area contributed by atoms with Crippen LogP contribution in [0, 0.1) is 2.88 Å². The molecule has 3 saturated carbocycles. The number of nitrogens with zero attached hydrogens (tertiary/aromatic N) is 3. The van der Waals surface area contributed by atoms with Crippen LogP contribution in [0.1, 0.15) is 73.4 Å². The van der Waals surface area contributed by atoms with E-state index in [1.165, 1.54) is 51.5 Å². The van der Waals surface area contributed by atoms with Crippen LogP contribution >= 0.6 is 33.9 Å². The Bertz CT molecular complexity index is 791. The summed E-state index contributed by atoms with van der Waals surface area (Å²) < 4.78 is 14.8. The normalized spacial score (nSPS) is 28.8. The molecule has 0 amide bonds. The lowest BCUT2D eigenvalue weighted by atomic mass is 9.65. The van der Waals surface area contributed by atoms with E-state index >= 15 is 0 Å². The van der Waals surface area contributed by atoms with Crippen molar-refractivity contribution in [1.82, 2.24) is 14.8 Å². The molecule has 2 aromatic rings. The predicted molar refractivity (Wildman–Crippen MR) is 109 cm³/mol. The Morgan fingerprint density at radius 2 is 2.04 bits per heavy atom. The van der Waals surface area contributed by atoms with Crippen LogP contribution in [-0.4, -0.2) is 34.8 Å². The van der Waals surface area contributed by atoms with Gasteiger partial charge in [-0.05, 0) is 73.2 Å². The third-order valence-electron chi connectivity index (χ3n) is 6.15. The molecular weight excluding hydrogens is 461 g/mol. The van der Waals surface area contributed by atoms with Gasteiger partial charge in [-0.1, -0.05) is 6.42 Å². The standard InChI is InChI=1S/C19H24IN3O2S/c1-24-11-25-14-9-19(10-14,15-7-8-16(20)26-15)18-22-21-17(12-3-2-4-12)23(18)13-5-6-13/h7-8,12-14H,2-6,9-11H2,1H3/t14-,19-. The van der Waals surface area contributed by atoms with E-state index in [1.807, 2.05) is 11.3 Å². The van der Waals surface area contributed by atoms with Crippen LogP contribution < -0.4 is 0 Å². The molecule has 5 rings (SSSR count). The molecule has 0 N–H and O–H groups in total. The molecule has 0 aromatic carbocycles.